The van der Waals surface area contributed by atoms with Crippen LogP contribution < -0.4 is 9.64 Å². The van der Waals surface area contributed by atoms with E-state index in [1.165, 1.54) is 21.7 Å². The molecule has 2 heterocycles. The first kappa shape index (κ1) is 21.7. The molecule has 2 aromatic carbocycles. The van der Waals surface area contributed by atoms with Gasteiger partial charge in [-0.2, -0.15) is 0 Å². The van der Waals surface area contributed by atoms with Gasteiger partial charge in [-0.3, -0.25) is 14.5 Å². The summed E-state index contributed by atoms with van der Waals surface area (Å²) in [6.45, 7) is 11.1. The second-order valence-electron chi connectivity index (χ2n) is 8.15. The molecule has 0 saturated carbocycles. The van der Waals surface area contributed by atoms with Crippen molar-refractivity contribution < 1.29 is 14.3 Å². The molecule has 6 heteroatoms. The van der Waals surface area contributed by atoms with E-state index in [0.29, 0.717) is 30.1 Å². The first-order valence-corrected chi connectivity index (χ1v) is 10.9. The summed E-state index contributed by atoms with van der Waals surface area (Å²) >= 11 is 0. The van der Waals surface area contributed by atoms with Gasteiger partial charge in [0.2, 0.25) is 0 Å². The number of hydrogen-bond acceptors (Lipinski definition) is 5. The third kappa shape index (κ3) is 3.77. The highest BCUT2D eigenvalue weighted by atomic mass is 16.5. The summed E-state index contributed by atoms with van der Waals surface area (Å²) in [5.41, 5.74) is 5.45. The fourth-order valence-corrected chi connectivity index (χ4v) is 4.42. The Morgan fingerprint density at radius 3 is 2.22 bits per heavy atom. The monoisotopic (exact) mass is 431 g/mol. The summed E-state index contributed by atoms with van der Waals surface area (Å²) in [6.07, 6.45) is 1.59. The average Bonchev–Trinajstić information content (AvgIpc) is 3.06. The lowest BCUT2D eigenvalue weighted by Gasteiger charge is -2.38. The van der Waals surface area contributed by atoms with Crippen molar-refractivity contribution in [3.63, 3.8) is 0 Å². The zero-order valence-electron chi connectivity index (χ0n) is 18.9. The number of imide groups is 1. The Balaban J connectivity index is 1.64. The lowest BCUT2D eigenvalue weighted by Crippen LogP contribution is -2.47. The van der Waals surface area contributed by atoms with Gasteiger partial charge < -0.3 is 14.5 Å². The van der Waals surface area contributed by atoms with Crippen LogP contribution in [-0.2, 0) is 9.59 Å². The lowest BCUT2D eigenvalue weighted by atomic mass is 10.0. The van der Waals surface area contributed by atoms with Crippen LogP contribution in [0.1, 0.15) is 16.7 Å². The predicted molar refractivity (Wildman–Crippen MR) is 127 cm³/mol. The van der Waals surface area contributed by atoms with Gasteiger partial charge in [0.05, 0.1) is 12.7 Å². The first-order valence-electron chi connectivity index (χ1n) is 10.9. The van der Waals surface area contributed by atoms with Crippen molar-refractivity contribution in [2.75, 3.05) is 44.7 Å². The molecule has 32 heavy (non-hydrogen) atoms. The van der Waals surface area contributed by atoms with E-state index in [2.05, 4.69) is 48.4 Å². The molecule has 1 fully saturated rings. The molecule has 4 rings (SSSR count). The number of carbonyl (C=O) groups is 2. The van der Waals surface area contributed by atoms with Crippen LogP contribution in [0.15, 0.2) is 60.8 Å². The molecular formula is C26H29N3O3. The van der Waals surface area contributed by atoms with Crippen molar-refractivity contribution >= 4 is 23.1 Å². The minimum absolute atomic E-state index is 0.198. The van der Waals surface area contributed by atoms with E-state index in [0.717, 1.165) is 18.7 Å². The molecular weight excluding hydrogens is 402 g/mol. The quantitative estimate of drug-likeness (QED) is 0.518. The highest BCUT2D eigenvalue weighted by Gasteiger charge is 2.41. The van der Waals surface area contributed by atoms with Crippen LogP contribution in [-0.4, -0.2) is 61.4 Å². The fourth-order valence-electron chi connectivity index (χ4n) is 4.42. The van der Waals surface area contributed by atoms with E-state index in [1.54, 1.807) is 13.2 Å². The molecule has 6 nitrogen and oxygen atoms in total. The highest BCUT2D eigenvalue weighted by Crippen LogP contribution is 2.33. The maximum atomic E-state index is 13.3. The van der Waals surface area contributed by atoms with Gasteiger partial charge in [0, 0.05) is 38.4 Å². The smallest absolute Gasteiger partial charge is 0.278 e. The van der Waals surface area contributed by atoms with Gasteiger partial charge in [-0.25, -0.2) is 0 Å². The number of rotatable bonds is 6. The van der Waals surface area contributed by atoms with Crippen molar-refractivity contribution in [1.29, 1.82) is 0 Å². The molecule has 166 valence electrons. The molecule has 2 aromatic rings. The van der Waals surface area contributed by atoms with Crippen molar-refractivity contribution in [3.8, 4) is 5.75 Å². The Labute approximate surface area is 189 Å². The van der Waals surface area contributed by atoms with E-state index >= 15 is 0 Å². The van der Waals surface area contributed by atoms with E-state index in [-0.39, 0.29) is 18.4 Å². The van der Waals surface area contributed by atoms with Gasteiger partial charge in [-0.05, 0) is 48.7 Å². The predicted octanol–water partition coefficient (Wildman–Crippen LogP) is 3.40. The summed E-state index contributed by atoms with van der Waals surface area (Å²) in [7, 11) is 1.60. The summed E-state index contributed by atoms with van der Waals surface area (Å²) in [6, 6.07) is 13.7. The number of anilines is 1. The van der Waals surface area contributed by atoms with Gasteiger partial charge in [0.15, 0.2) is 0 Å². The van der Waals surface area contributed by atoms with E-state index < -0.39 is 0 Å². The van der Waals surface area contributed by atoms with Gasteiger partial charge in [0.25, 0.3) is 11.8 Å². The van der Waals surface area contributed by atoms with Crippen molar-refractivity contribution in [3.05, 3.63) is 77.5 Å². The number of carbonyl (C=O) groups excluding carboxylic acids is 2. The molecule has 0 aromatic heterocycles. The second kappa shape index (κ2) is 8.91. The molecule has 1 saturated heterocycles. The summed E-state index contributed by atoms with van der Waals surface area (Å²) in [5, 5.41) is 0. The van der Waals surface area contributed by atoms with Gasteiger partial charge in [-0.15, -0.1) is 6.58 Å². The Hall–Kier alpha value is -3.54. The average molecular weight is 432 g/mol. The van der Waals surface area contributed by atoms with Crippen LogP contribution in [0.4, 0.5) is 5.69 Å². The summed E-state index contributed by atoms with van der Waals surface area (Å²) in [4.78, 5) is 32.2. The Morgan fingerprint density at radius 1 is 0.938 bits per heavy atom. The fraction of sp³-hybridized carbons (Fsp3) is 0.308. The Bertz CT molecular complexity index is 1080. The number of aryl methyl sites for hydroxylation is 1. The summed E-state index contributed by atoms with van der Waals surface area (Å²) < 4.78 is 5.25. The van der Waals surface area contributed by atoms with Crippen LogP contribution in [0.2, 0.25) is 0 Å². The third-order valence-corrected chi connectivity index (χ3v) is 6.35. The Kier molecular flexibility index (Phi) is 6.04. The van der Waals surface area contributed by atoms with E-state index in [4.69, 9.17) is 4.74 Å². The number of amides is 2. The standard InChI is InChI=1S/C26H29N3O3/c1-5-13-29-25(30)23(20-9-11-21(32-4)12-10-20)24(26(29)31)28-16-14-27(15-17-28)22-8-6-7-18(2)19(22)3/h5-12H,1,13-17H2,2-4H3. The zero-order valence-corrected chi connectivity index (χ0v) is 18.9. The SMILES string of the molecule is C=CCN1C(=O)C(c2ccc(OC)cc2)=C(N2CCN(c3cccc(C)c3C)CC2)C1=O. The van der Waals surface area contributed by atoms with Crippen molar-refractivity contribution in [2.45, 2.75) is 13.8 Å². The molecule has 2 amide bonds. The molecule has 2 aliphatic rings. The molecule has 2 aliphatic heterocycles. The number of hydrogen-bond donors (Lipinski definition) is 0. The number of nitrogens with zero attached hydrogens (tertiary/aromatic N) is 3. The molecule has 0 atom stereocenters. The van der Waals surface area contributed by atoms with Gasteiger partial charge in [-0.1, -0.05) is 30.3 Å². The Morgan fingerprint density at radius 2 is 1.59 bits per heavy atom. The number of benzene rings is 2. The topological polar surface area (TPSA) is 53.1 Å². The van der Waals surface area contributed by atoms with E-state index in [1.807, 2.05) is 24.3 Å². The molecule has 0 aliphatic carbocycles. The van der Waals surface area contributed by atoms with Crippen LogP contribution in [0.25, 0.3) is 5.57 Å². The molecule has 0 spiro atoms. The third-order valence-electron chi connectivity index (χ3n) is 6.35. The van der Waals surface area contributed by atoms with Crippen LogP contribution in [0, 0.1) is 13.8 Å². The van der Waals surface area contributed by atoms with E-state index in [9.17, 15) is 9.59 Å². The maximum absolute atomic E-state index is 13.3. The second-order valence-corrected chi connectivity index (χ2v) is 8.15. The molecule has 0 radical (unpaired) electrons. The van der Waals surface area contributed by atoms with Crippen LogP contribution >= 0.6 is 0 Å². The highest BCUT2D eigenvalue weighted by molar-refractivity contribution is 6.35. The first-order chi connectivity index (χ1) is 15.5. The van der Waals surface area contributed by atoms with Crippen LogP contribution in [0.5, 0.6) is 5.75 Å². The maximum Gasteiger partial charge on any atom is 0.278 e. The van der Waals surface area contributed by atoms with Crippen molar-refractivity contribution in [2.24, 2.45) is 0 Å². The minimum Gasteiger partial charge on any atom is -0.497 e. The number of methoxy groups -OCH3 is 1. The number of piperazine rings is 1. The number of ether oxygens (including phenoxy) is 1. The zero-order chi connectivity index (χ0) is 22.8. The van der Waals surface area contributed by atoms with Gasteiger partial charge >= 0.3 is 0 Å². The normalized spacial score (nSPS) is 16.8. The van der Waals surface area contributed by atoms with Gasteiger partial charge in [0.1, 0.15) is 11.4 Å². The summed E-state index contributed by atoms with van der Waals surface area (Å²) in [5.74, 6) is 0.186. The largest absolute Gasteiger partial charge is 0.497 e. The van der Waals surface area contributed by atoms with Crippen molar-refractivity contribution in [1.82, 2.24) is 9.80 Å². The molecule has 0 unspecified atom stereocenters. The van der Waals surface area contributed by atoms with Crippen LogP contribution in [0.3, 0.4) is 0 Å². The molecule has 0 N–H and O–H groups in total. The molecule has 0 bridgehead atoms. The lowest BCUT2D eigenvalue weighted by molar-refractivity contribution is -0.136. The minimum atomic E-state index is -0.271.